The zero-order valence-corrected chi connectivity index (χ0v) is 26.5. The van der Waals surface area contributed by atoms with Crippen molar-refractivity contribution in [1.29, 1.82) is 0 Å². The molecule has 0 aliphatic heterocycles. The Morgan fingerprint density at radius 1 is 0.395 bits per heavy atom. The van der Waals surface area contributed by atoms with Gasteiger partial charge in [-0.3, -0.25) is 0 Å². The van der Waals surface area contributed by atoms with Gasteiger partial charge in [-0.1, -0.05) is 133 Å². The van der Waals surface area contributed by atoms with Gasteiger partial charge in [0, 0.05) is 10.8 Å². The Kier molecular flexibility index (Phi) is 6.48. The molecule has 1 aromatic heterocycles. The topological polar surface area (TPSA) is 25.8 Å². The predicted molar refractivity (Wildman–Crippen MR) is 186 cm³/mol. The van der Waals surface area contributed by atoms with E-state index in [9.17, 15) is 0 Å². The van der Waals surface area contributed by atoms with Gasteiger partial charge >= 0.3 is 0 Å². The van der Waals surface area contributed by atoms with E-state index in [4.69, 9.17) is 4.37 Å². The fourth-order valence-corrected chi connectivity index (χ4v) is 6.61. The molecular formula is C40H36N2S. The smallest absolute Gasteiger partial charge is 0.113 e. The van der Waals surface area contributed by atoms with Crippen LogP contribution < -0.4 is 0 Å². The molecule has 0 N–H and O–H groups in total. The molecule has 0 amide bonds. The first-order valence-corrected chi connectivity index (χ1v) is 15.7. The number of aromatic nitrogens is 2. The Labute approximate surface area is 258 Å². The lowest BCUT2D eigenvalue weighted by molar-refractivity contribution is 0.569. The summed E-state index contributed by atoms with van der Waals surface area (Å²) in [7, 11) is 0. The summed E-state index contributed by atoms with van der Waals surface area (Å²) in [5, 5.41) is 4.76. The van der Waals surface area contributed by atoms with Crippen molar-refractivity contribution in [1.82, 2.24) is 8.75 Å². The molecule has 43 heavy (non-hydrogen) atoms. The number of fused-ring (bicyclic) bond motifs is 6. The van der Waals surface area contributed by atoms with Crippen LogP contribution in [0, 0.1) is 0 Å². The van der Waals surface area contributed by atoms with Gasteiger partial charge in [-0.15, -0.1) is 0 Å². The van der Waals surface area contributed by atoms with E-state index >= 15 is 0 Å². The molecule has 7 aromatic rings. The Balaban J connectivity index is 1.32. The first-order chi connectivity index (χ1) is 20.6. The van der Waals surface area contributed by atoms with Gasteiger partial charge in [-0.2, -0.15) is 8.75 Å². The van der Waals surface area contributed by atoms with Crippen molar-refractivity contribution in [3.05, 3.63) is 120 Å². The maximum atomic E-state index is 4.71. The highest BCUT2D eigenvalue weighted by Gasteiger charge is 2.21. The van der Waals surface area contributed by atoms with Gasteiger partial charge in [0.1, 0.15) is 11.0 Å². The summed E-state index contributed by atoms with van der Waals surface area (Å²) in [4.78, 5) is 0. The minimum atomic E-state index is 0.0777. The maximum absolute atomic E-state index is 4.71. The van der Waals surface area contributed by atoms with E-state index < -0.39 is 0 Å². The van der Waals surface area contributed by atoms with Crippen LogP contribution in [0.15, 0.2) is 109 Å². The van der Waals surface area contributed by atoms with Crippen LogP contribution in [-0.4, -0.2) is 8.75 Å². The molecule has 7 rings (SSSR count). The summed E-state index contributed by atoms with van der Waals surface area (Å²) in [5.74, 6) is 0. The predicted octanol–water partition coefficient (Wildman–Crippen LogP) is 11.6. The fourth-order valence-electron chi connectivity index (χ4n) is 6.04. The van der Waals surface area contributed by atoms with Crippen molar-refractivity contribution < 1.29 is 0 Å². The van der Waals surface area contributed by atoms with E-state index in [1.807, 2.05) is 0 Å². The standard InChI is InChI=1S/C40H36N2S/c1-39(2,3)31-21-30(22-32(24-31)40(4,5)6)28-14-10-12-26(20-28)25-11-9-13-27(19-25)29-17-18-34-33-15-7-8-16-35(33)37-38(36(34)23-29)42-43-41-37/h7-24H,1-6H3. The number of nitrogens with zero attached hydrogens (tertiary/aromatic N) is 2. The van der Waals surface area contributed by atoms with Crippen molar-refractivity contribution in [2.24, 2.45) is 0 Å². The van der Waals surface area contributed by atoms with Crippen LogP contribution in [0.25, 0.3) is 66.0 Å². The highest BCUT2D eigenvalue weighted by atomic mass is 32.1. The molecule has 0 saturated heterocycles. The van der Waals surface area contributed by atoms with Crippen molar-refractivity contribution in [2.45, 2.75) is 52.4 Å². The molecule has 3 heteroatoms. The SMILES string of the molecule is CC(C)(C)c1cc(-c2cccc(-c3cccc(-c4ccc5c6ccccc6c6nsnc6c5c4)c3)c2)cc(C(C)(C)C)c1. The van der Waals surface area contributed by atoms with E-state index in [1.165, 1.54) is 67.0 Å². The monoisotopic (exact) mass is 576 g/mol. The Hall–Kier alpha value is -4.34. The van der Waals surface area contributed by atoms with E-state index in [0.29, 0.717) is 0 Å². The van der Waals surface area contributed by atoms with Crippen molar-refractivity contribution in [3.8, 4) is 33.4 Å². The van der Waals surface area contributed by atoms with Crippen molar-refractivity contribution in [2.75, 3.05) is 0 Å². The molecule has 0 bridgehead atoms. The molecule has 0 aliphatic rings. The lowest BCUT2D eigenvalue weighted by Gasteiger charge is -2.26. The molecular weight excluding hydrogens is 541 g/mol. The van der Waals surface area contributed by atoms with Crippen molar-refractivity contribution >= 4 is 44.3 Å². The number of rotatable bonds is 3. The van der Waals surface area contributed by atoms with Crippen LogP contribution in [0.3, 0.4) is 0 Å². The average molecular weight is 577 g/mol. The Morgan fingerprint density at radius 2 is 0.860 bits per heavy atom. The first-order valence-electron chi connectivity index (χ1n) is 15.0. The van der Waals surface area contributed by atoms with Gasteiger partial charge in [0.15, 0.2) is 0 Å². The highest BCUT2D eigenvalue weighted by molar-refractivity contribution is 7.00. The molecule has 0 spiro atoms. The van der Waals surface area contributed by atoms with Gasteiger partial charge in [0.2, 0.25) is 0 Å². The average Bonchev–Trinajstić information content (AvgIpc) is 3.51. The molecule has 0 saturated carbocycles. The third kappa shape index (κ3) is 5.02. The number of hydrogen-bond acceptors (Lipinski definition) is 3. The summed E-state index contributed by atoms with van der Waals surface area (Å²) in [6.07, 6.45) is 0. The van der Waals surface area contributed by atoms with Gasteiger partial charge < -0.3 is 0 Å². The summed E-state index contributed by atoms with van der Waals surface area (Å²) in [5.41, 5.74) is 12.2. The van der Waals surface area contributed by atoms with Gasteiger partial charge in [-0.05, 0) is 84.3 Å². The normalized spacial score (nSPS) is 12.4. The molecule has 0 aliphatic carbocycles. The molecule has 6 aromatic carbocycles. The molecule has 0 unspecified atom stereocenters. The lowest BCUT2D eigenvalue weighted by Crippen LogP contribution is -2.16. The fraction of sp³-hybridized carbons (Fsp3) is 0.200. The second-order valence-electron chi connectivity index (χ2n) is 13.7. The first kappa shape index (κ1) is 27.5. The maximum Gasteiger partial charge on any atom is 0.113 e. The number of benzene rings is 6. The van der Waals surface area contributed by atoms with E-state index in [-0.39, 0.29) is 10.8 Å². The van der Waals surface area contributed by atoms with Crippen LogP contribution in [0.5, 0.6) is 0 Å². The van der Waals surface area contributed by atoms with Gasteiger partial charge in [0.05, 0.1) is 11.7 Å². The second kappa shape index (κ2) is 10.1. The second-order valence-corrected chi connectivity index (χ2v) is 14.3. The number of hydrogen-bond donors (Lipinski definition) is 0. The lowest BCUT2D eigenvalue weighted by atomic mass is 9.79. The van der Waals surface area contributed by atoms with E-state index in [2.05, 4.69) is 155 Å². The minimum absolute atomic E-state index is 0.0777. The molecule has 1 heterocycles. The molecule has 0 radical (unpaired) electrons. The van der Waals surface area contributed by atoms with Crippen LogP contribution >= 0.6 is 11.7 Å². The third-order valence-electron chi connectivity index (χ3n) is 8.63. The van der Waals surface area contributed by atoms with Gasteiger partial charge in [-0.25, -0.2) is 0 Å². The summed E-state index contributed by atoms with van der Waals surface area (Å²) in [6.45, 7) is 13.8. The quantitative estimate of drug-likeness (QED) is 0.196. The third-order valence-corrected chi connectivity index (χ3v) is 9.15. The minimum Gasteiger partial charge on any atom is -0.172 e. The largest absolute Gasteiger partial charge is 0.172 e. The highest BCUT2D eigenvalue weighted by Crippen LogP contribution is 2.38. The summed E-state index contributed by atoms with van der Waals surface area (Å²) >= 11 is 1.29. The molecule has 0 atom stereocenters. The van der Waals surface area contributed by atoms with E-state index in [1.54, 1.807) is 0 Å². The van der Waals surface area contributed by atoms with Crippen LogP contribution in [0.1, 0.15) is 52.7 Å². The zero-order valence-electron chi connectivity index (χ0n) is 25.7. The van der Waals surface area contributed by atoms with Crippen LogP contribution in [0.2, 0.25) is 0 Å². The summed E-state index contributed by atoms with van der Waals surface area (Å²) in [6, 6.07) is 40.3. The molecule has 212 valence electrons. The zero-order chi connectivity index (χ0) is 29.9. The molecule has 2 nitrogen and oxygen atoms in total. The Morgan fingerprint density at radius 3 is 1.42 bits per heavy atom. The van der Waals surface area contributed by atoms with Crippen LogP contribution in [-0.2, 0) is 10.8 Å². The summed E-state index contributed by atoms with van der Waals surface area (Å²) < 4.78 is 9.36. The van der Waals surface area contributed by atoms with Gasteiger partial charge in [0.25, 0.3) is 0 Å². The van der Waals surface area contributed by atoms with Crippen molar-refractivity contribution in [3.63, 3.8) is 0 Å². The van der Waals surface area contributed by atoms with Crippen LogP contribution in [0.4, 0.5) is 0 Å². The van der Waals surface area contributed by atoms with E-state index in [0.717, 1.165) is 21.8 Å². The molecule has 0 fully saturated rings. The Bertz CT molecular complexity index is 2120.